The van der Waals surface area contributed by atoms with Crippen LogP contribution in [0.1, 0.15) is 19.3 Å². The van der Waals surface area contributed by atoms with Crippen LogP contribution >= 0.6 is 0 Å². The molecular weight excluding hydrogens is 224 g/mol. The summed E-state index contributed by atoms with van der Waals surface area (Å²) in [5, 5.41) is 17.4. The summed E-state index contributed by atoms with van der Waals surface area (Å²) in [6.07, 6.45) is 0.851. The number of hydrogen-bond acceptors (Lipinski definition) is 4. The lowest BCUT2D eigenvalue weighted by molar-refractivity contribution is -0.140. The Kier molecular flexibility index (Phi) is 5.93. The Balaban J connectivity index is 2.34. The van der Waals surface area contributed by atoms with Crippen LogP contribution in [0.5, 0.6) is 0 Å². The van der Waals surface area contributed by atoms with Crippen molar-refractivity contribution in [1.82, 2.24) is 9.80 Å². The predicted molar refractivity (Wildman–Crippen MR) is 61.6 cm³/mol. The number of hydrogen-bond donors (Lipinski definition) is 2. The molecule has 1 amide bonds. The number of aliphatic hydroxyl groups is 1. The van der Waals surface area contributed by atoms with E-state index in [0.29, 0.717) is 19.6 Å². The average molecular weight is 244 g/mol. The molecule has 0 atom stereocenters. The molecule has 2 N–H and O–H groups in total. The van der Waals surface area contributed by atoms with Crippen LogP contribution < -0.4 is 0 Å². The van der Waals surface area contributed by atoms with E-state index in [-0.39, 0.29) is 25.4 Å². The third-order valence-electron chi connectivity index (χ3n) is 2.91. The van der Waals surface area contributed by atoms with Gasteiger partial charge in [-0.25, -0.2) is 0 Å². The molecule has 1 heterocycles. The predicted octanol–water partition coefficient (Wildman–Crippen LogP) is -0.622. The fourth-order valence-electron chi connectivity index (χ4n) is 1.96. The molecule has 1 fully saturated rings. The lowest BCUT2D eigenvalue weighted by atomic mass is 10.2. The maximum absolute atomic E-state index is 11.7. The zero-order chi connectivity index (χ0) is 12.7. The number of β-amino-alcohol motifs (C(OH)–C–C–N with tert-alkyl or cyclic N) is 1. The Hall–Kier alpha value is -1.14. The Bertz CT molecular complexity index is 270. The maximum Gasteiger partial charge on any atom is 0.303 e. The van der Waals surface area contributed by atoms with E-state index in [1.54, 1.807) is 4.90 Å². The highest BCUT2D eigenvalue weighted by atomic mass is 16.4. The van der Waals surface area contributed by atoms with Crippen molar-refractivity contribution in [3.05, 3.63) is 0 Å². The van der Waals surface area contributed by atoms with Gasteiger partial charge in [0.25, 0.3) is 0 Å². The van der Waals surface area contributed by atoms with Crippen molar-refractivity contribution in [2.75, 3.05) is 39.3 Å². The second-order valence-corrected chi connectivity index (χ2v) is 4.19. The number of rotatable bonds is 5. The number of carbonyl (C=O) groups is 2. The third kappa shape index (κ3) is 5.14. The highest BCUT2D eigenvalue weighted by molar-refractivity contribution is 5.80. The average Bonchev–Trinajstić information content (AvgIpc) is 2.52. The monoisotopic (exact) mass is 244 g/mol. The van der Waals surface area contributed by atoms with E-state index in [9.17, 15) is 9.59 Å². The number of aliphatic carboxylic acids is 1. The zero-order valence-corrected chi connectivity index (χ0v) is 9.97. The van der Waals surface area contributed by atoms with Gasteiger partial charge < -0.3 is 15.1 Å². The largest absolute Gasteiger partial charge is 0.481 e. The van der Waals surface area contributed by atoms with E-state index >= 15 is 0 Å². The van der Waals surface area contributed by atoms with Crippen molar-refractivity contribution in [3.8, 4) is 0 Å². The molecule has 98 valence electrons. The maximum atomic E-state index is 11.7. The van der Waals surface area contributed by atoms with Crippen LogP contribution in [0.2, 0.25) is 0 Å². The van der Waals surface area contributed by atoms with Crippen LogP contribution in [0.15, 0.2) is 0 Å². The molecule has 17 heavy (non-hydrogen) atoms. The normalized spacial score (nSPS) is 17.8. The van der Waals surface area contributed by atoms with Gasteiger partial charge in [0.05, 0.1) is 13.0 Å². The summed E-state index contributed by atoms with van der Waals surface area (Å²) >= 11 is 0. The second-order valence-electron chi connectivity index (χ2n) is 4.19. The fourth-order valence-corrected chi connectivity index (χ4v) is 1.96. The minimum Gasteiger partial charge on any atom is -0.481 e. The van der Waals surface area contributed by atoms with Gasteiger partial charge >= 0.3 is 5.97 Å². The van der Waals surface area contributed by atoms with Gasteiger partial charge in [0.2, 0.25) is 5.91 Å². The summed E-state index contributed by atoms with van der Waals surface area (Å²) in [7, 11) is 0. The van der Waals surface area contributed by atoms with E-state index in [0.717, 1.165) is 19.5 Å². The van der Waals surface area contributed by atoms with E-state index in [2.05, 4.69) is 4.90 Å². The van der Waals surface area contributed by atoms with E-state index in [1.807, 2.05) is 0 Å². The molecule has 6 heteroatoms. The third-order valence-corrected chi connectivity index (χ3v) is 2.91. The summed E-state index contributed by atoms with van der Waals surface area (Å²) in [5.74, 6) is -1.02. The topological polar surface area (TPSA) is 81.1 Å². The molecular formula is C11H20N2O4. The van der Waals surface area contributed by atoms with E-state index in [1.165, 1.54) is 0 Å². The number of aliphatic hydroxyl groups excluding tert-OH is 1. The molecule has 1 aliphatic rings. The van der Waals surface area contributed by atoms with Crippen LogP contribution in [0.25, 0.3) is 0 Å². The van der Waals surface area contributed by atoms with Gasteiger partial charge in [-0.2, -0.15) is 0 Å². The van der Waals surface area contributed by atoms with Crippen molar-refractivity contribution in [1.29, 1.82) is 0 Å². The first-order valence-electron chi connectivity index (χ1n) is 5.96. The molecule has 0 unspecified atom stereocenters. The summed E-state index contributed by atoms with van der Waals surface area (Å²) < 4.78 is 0. The molecule has 1 saturated heterocycles. The summed E-state index contributed by atoms with van der Waals surface area (Å²) in [4.78, 5) is 25.9. The Morgan fingerprint density at radius 2 is 1.82 bits per heavy atom. The van der Waals surface area contributed by atoms with Gasteiger partial charge in [-0.05, 0) is 13.0 Å². The molecule has 0 aromatic rings. The quantitative estimate of drug-likeness (QED) is 0.673. The van der Waals surface area contributed by atoms with Crippen molar-refractivity contribution in [3.63, 3.8) is 0 Å². The van der Waals surface area contributed by atoms with Crippen molar-refractivity contribution in [2.45, 2.75) is 19.3 Å². The lowest BCUT2D eigenvalue weighted by Crippen LogP contribution is -2.36. The summed E-state index contributed by atoms with van der Waals surface area (Å²) in [6, 6.07) is 0. The molecule has 1 aliphatic heterocycles. The molecule has 0 spiro atoms. The minimum atomic E-state index is -0.935. The first-order valence-corrected chi connectivity index (χ1v) is 5.96. The number of carbonyl (C=O) groups excluding carboxylic acids is 1. The van der Waals surface area contributed by atoms with Gasteiger partial charge in [0.15, 0.2) is 0 Å². The van der Waals surface area contributed by atoms with Crippen LogP contribution in [-0.2, 0) is 9.59 Å². The van der Waals surface area contributed by atoms with E-state index < -0.39 is 5.97 Å². The summed E-state index contributed by atoms with van der Waals surface area (Å²) in [5.41, 5.74) is 0. The molecule has 0 aromatic carbocycles. The van der Waals surface area contributed by atoms with Crippen LogP contribution in [0.3, 0.4) is 0 Å². The Labute approximate surface area is 101 Å². The first kappa shape index (κ1) is 13.9. The zero-order valence-electron chi connectivity index (χ0n) is 9.97. The SMILES string of the molecule is O=C(O)CCC(=O)N1CCCN(CCO)CC1. The van der Waals surface area contributed by atoms with Gasteiger partial charge in [-0.15, -0.1) is 0 Å². The van der Waals surface area contributed by atoms with Crippen LogP contribution in [0.4, 0.5) is 0 Å². The van der Waals surface area contributed by atoms with Gasteiger partial charge in [0.1, 0.15) is 0 Å². The summed E-state index contributed by atoms with van der Waals surface area (Å²) in [6.45, 7) is 3.70. The highest BCUT2D eigenvalue weighted by Gasteiger charge is 2.19. The van der Waals surface area contributed by atoms with Crippen molar-refractivity contribution < 1.29 is 19.8 Å². The Morgan fingerprint density at radius 1 is 1.06 bits per heavy atom. The molecule has 6 nitrogen and oxygen atoms in total. The number of nitrogens with zero attached hydrogens (tertiary/aromatic N) is 2. The smallest absolute Gasteiger partial charge is 0.303 e. The number of carboxylic acids is 1. The molecule has 0 aliphatic carbocycles. The van der Waals surface area contributed by atoms with Gasteiger partial charge in [-0.3, -0.25) is 14.5 Å². The van der Waals surface area contributed by atoms with Crippen LogP contribution in [0, 0.1) is 0 Å². The lowest BCUT2D eigenvalue weighted by Gasteiger charge is -2.21. The first-order chi connectivity index (χ1) is 8.13. The minimum absolute atomic E-state index is 0.0787. The molecule has 0 radical (unpaired) electrons. The molecule has 0 aromatic heterocycles. The second kappa shape index (κ2) is 7.24. The number of carboxylic acid groups (broad SMARTS) is 1. The molecule has 0 bridgehead atoms. The van der Waals surface area contributed by atoms with Gasteiger partial charge in [0, 0.05) is 32.6 Å². The number of amides is 1. The fraction of sp³-hybridized carbons (Fsp3) is 0.818. The molecule has 0 saturated carbocycles. The molecule has 1 rings (SSSR count). The van der Waals surface area contributed by atoms with Crippen molar-refractivity contribution in [2.24, 2.45) is 0 Å². The standard InChI is InChI=1S/C11H20N2O4/c14-9-8-12-4-1-5-13(7-6-12)10(15)2-3-11(16)17/h14H,1-9H2,(H,16,17). The van der Waals surface area contributed by atoms with Crippen molar-refractivity contribution >= 4 is 11.9 Å². The van der Waals surface area contributed by atoms with Crippen LogP contribution in [-0.4, -0.2) is 71.2 Å². The Morgan fingerprint density at radius 3 is 2.47 bits per heavy atom. The van der Waals surface area contributed by atoms with E-state index in [4.69, 9.17) is 10.2 Å². The highest BCUT2D eigenvalue weighted by Crippen LogP contribution is 2.05. The van der Waals surface area contributed by atoms with Gasteiger partial charge in [-0.1, -0.05) is 0 Å².